The minimum atomic E-state index is -0.0476. The highest BCUT2D eigenvalue weighted by molar-refractivity contribution is 6.80. The minimum absolute atomic E-state index is 0.0476. The number of hydrogen-bond donors (Lipinski definition) is 0. The van der Waals surface area contributed by atoms with Crippen LogP contribution in [-0.2, 0) is 5.54 Å². The Balaban J connectivity index is 0.000000545. The Kier molecular flexibility index (Phi) is 4.67. The SMILES string of the molecule is CB1C(C)B(C)N2c3nc(C)nn3C(C)(C)C2N1C.CCC. The monoisotopic (exact) mass is 303 g/mol. The summed E-state index contributed by atoms with van der Waals surface area (Å²) < 4.78 is 2.12. The van der Waals surface area contributed by atoms with Crippen molar-refractivity contribution in [2.45, 2.75) is 79.0 Å². The lowest BCUT2D eigenvalue weighted by Gasteiger charge is -2.50. The number of aryl methyl sites for hydroxylation is 1. The molecule has 1 saturated heterocycles. The quantitative estimate of drug-likeness (QED) is 0.691. The molecule has 122 valence electrons. The molecule has 0 spiro atoms. The summed E-state index contributed by atoms with van der Waals surface area (Å²) in [6.45, 7) is 18.8. The molecule has 22 heavy (non-hydrogen) atoms. The van der Waals surface area contributed by atoms with Crippen LogP contribution in [0.4, 0.5) is 5.95 Å². The zero-order valence-electron chi connectivity index (χ0n) is 15.8. The van der Waals surface area contributed by atoms with Gasteiger partial charge < -0.3 is 9.62 Å². The van der Waals surface area contributed by atoms with Crippen molar-refractivity contribution in [2.24, 2.45) is 0 Å². The molecule has 0 aliphatic carbocycles. The standard InChI is InChI=1S/C12H23B2N5.C3H8/c1-8-13(5)17(7)10-12(3,4)19-11(15-9(2)16-19)18(10)14(8)6;1-3-2/h8,10H,1-7H3;3H2,1-2H3. The lowest BCUT2D eigenvalue weighted by molar-refractivity contribution is 0.201. The second-order valence-electron chi connectivity index (χ2n) is 7.52. The highest BCUT2D eigenvalue weighted by Gasteiger charge is 2.56. The first-order valence-electron chi connectivity index (χ1n) is 8.62. The summed E-state index contributed by atoms with van der Waals surface area (Å²) in [4.78, 5) is 9.61. The summed E-state index contributed by atoms with van der Waals surface area (Å²) in [7, 11) is 2.23. The van der Waals surface area contributed by atoms with Crippen LogP contribution in [0.2, 0.25) is 19.4 Å². The third-order valence-electron chi connectivity index (χ3n) is 5.36. The first-order chi connectivity index (χ1) is 10.2. The van der Waals surface area contributed by atoms with Crippen LogP contribution in [0.3, 0.4) is 0 Å². The van der Waals surface area contributed by atoms with Crippen LogP contribution >= 0.6 is 0 Å². The average Bonchev–Trinajstić information content (AvgIpc) is 2.91. The van der Waals surface area contributed by atoms with Gasteiger partial charge in [0.15, 0.2) is 0 Å². The van der Waals surface area contributed by atoms with Gasteiger partial charge in [-0.15, -0.1) is 0 Å². The maximum atomic E-state index is 4.67. The van der Waals surface area contributed by atoms with Crippen molar-refractivity contribution in [3.63, 3.8) is 0 Å². The highest BCUT2D eigenvalue weighted by Crippen LogP contribution is 2.44. The summed E-state index contributed by atoms with van der Waals surface area (Å²) in [5, 5.41) is 4.62. The summed E-state index contributed by atoms with van der Waals surface area (Å²) in [6.07, 6.45) is 1.59. The van der Waals surface area contributed by atoms with Crippen molar-refractivity contribution in [1.29, 1.82) is 0 Å². The molecule has 3 rings (SSSR count). The van der Waals surface area contributed by atoms with Crippen LogP contribution in [0.15, 0.2) is 0 Å². The van der Waals surface area contributed by atoms with E-state index >= 15 is 0 Å². The predicted octanol–water partition coefficient (Wildman–Crippen LogP) is 3.00. The number of anilines is 1. The summed E-state index contributed by atoms with van der Waals surface area (Å²) >= 11 is 0. The third-order valence-corrected chi connectivity index (χ3v) is 5.36. The van der Waals surface area contributed by atoms with Crippen molar-refractivity contribution in [2.75, 3.05) is 11.9 Å². The minimum Gasteiger partial charge on any atom is -0.370 e. The van der Waals surface area contributed by atoms with Crippen LogP contribution < -0.4 is 4.81 Å². The van der Waals surface area contributed by atoms with Gasteiger partial charge in [0.1, 0.15) is 5.82 Å². The normalized spacial score (nSPS) is 26.5. The second kappa shape index (κ2) is 5.91. The molecule has 0 saturated carbocycles. The van der Waals surface area contributed by atoms with E-state index in [1.165, 1.54) is 6.42 Å². The number of rotatable bonds is 0. The lowest BCUT2D eigenvalue weighted by Crippen LogP contribution is -2.68. The molecular weight excluding hydrogens is 272 g/mol. The Morgan fingerprint density at radius 3 is 2.27 bits per heavy atom. The van der Waals surface area contributed by atoms with E-state index in [1.807, 2.05) is 6.92 Å². The van der Waals surface area contributed by atoms with Gasteiger partial charge in [-0.3, -0.25) is 0 Å². The fraction of sp³-hybridized carbons (Fsp3) is 0.867. The molecular formula is C15H31B2N5. The summed E-state index contributed by atoms with van der Waals surface area (Å²) in [6, 6.07) is 0. The van der Waals surface area contributed by atoms with Gasteiger partial charge in [-0.05, 0) is 27.8 Å². The van der Waals surface area contributed by atoms with E-state index in [0.29, 0.717) is 25.6 Å². The van der Waals surface area contributed by atoms with Crippen molar-refractivity contribution < 1.29 is 0 Å². The van der Waals surface area contributed by atoms with Crippen molar-refractivity contribution in [1.82, 2.24) is 19.6 Å². The number of aromatic nitrogens is 3. The molecule has 7 heteroatoms. The smallest absolute Gasteiger partial charge is 0.254 e. The third kappa shape index (κ3) is 2.38. The lowest BCUT2D eigenvalue weighted by atomic mass is 9.30. The highest BCUT2D eigenvalue weighted by atomic mass is 15.6. The molecule has 0 aromatic carbocycles. The van der Waals surface area contributed by atoms with Crippen LogP contribution in [0.5, 0.6) is 0 Å². The number of likely N-dealkylation sites (N-methyl/N-ethyl adjacent to an activating group) is 1. The van der Waals surface area contributed by atoms with Gasteiger partial charge in [-0.1, -0.05) is 46.6 Å². The number of hydrogen-bond acceptors (Lipinski definition) is 4. The van der Waals surface area contributed by atoms with Gasteiger partial charge in [0.05, 0.1) is 11.7 Å². The number of fused-ring (bicyclic) bond motifs is 3. The first-order valence-corrected chi connectivity index (χ1v) is 8.62. The van der Waals surface area contributed by atoms with E-state index in [1.54, 1.807) is 0 Å². The molecule has 5 nitrogen and oxygen atoms in total. The second-order valence-corrected chi connectivity index (χ2v) is 7.52. The maximum Gasteiger partial charge on any atom is 0.254 e. The summed E-state index contributed by atoms with van der Waals surface area (Å²) in [5.74, 6) is 1.90. The number of nitrogens with zero attached hydrogens (tertiary/aromatic N) is 5. The molecule has 2 aliphatic heterocycles. The Morgan fingerprint density at radius 1 is 1.18 bits per heavy atom. The van der Waals surface area contributed by atoms with Gasteiger partial charge in [-0.25, -0.2) is 4.68 Å². The molecule has 1 fully saturated rings. The van der Waals surface area contributed by atoms with Crippen molar-refractivity contribution in [3.8, 4) is 0 Å². The van der Waals surface area contributed by atoms with E-state index in [-0.39, 0.29) is 5.54 Å². The van der Waals surface area contributed by atoms with E-state index < -0.39 is 0 Å². The van der Waals surface area contributed by atoms with Gasteiger partial charge in [0, 0.05) is 0 Å². The molecule has 2 aliphatic rings. The fourth-order valence-electron chi connectivity index (χ4n) is 3.87. The summed E-state index contributed by atoms with van der Waals surface area (Å²) in [5.41, 5.74) is 0.564. The topological polar surface area (TPSA) is 37.2 Å². The molecule has 2 atom stereocenters. The van der Waals surface area contributed by atoms with Crippen LogP contribution in [-0.4, -0.2) is 46.5 Å². The van der Waals surface area contributed by atoms with E-state index in [9.17, 15) is 0 Å². The van der Waals surface area contributed by atoms with Gasteiger partial charge in [0.2, 0.25) is 12.8 Å². The molecule has 3 heterocycles. The van der Waals surface area contributed by atoms with Crippen molar-refractivity contribution >= 4 is 19.6 Å². The Hall–Kier alpha value is -0.970. The average molecular weight is 303 g/mol. The van der Waals surface area contributed by atoms with E-state index in [0.717, 1.165) is 11.8 Å². The molecule has 0 bridgehead atoms. The first kappa shape index (κ1) is 17.4. The van der Waals surface area contributed by atoms with Crippen LogP contribution in [0.25, 0.3) is 0 Å². The van der Waals surface area contributed by atoms with Gasteiger partial charge >= 0.3 is 0 Å². The fourth-order valence-corrected chi connectivity index (χ4v) is 3.87. The van der Waals surface area contributed by atoms with Gasteiger partial charge in [0.25, 0.3) is 6.85 Å². The van der Waals surface area contributed by atoms with E-state index in [2.05, 4.69) is 79.7 Å². The van der Waals surface area contributed by atoms with E-state index in [4.69, 9.17) is 0 Å². The molecule has 1 aromatic rings. The predicted molar refractivity (Wildman–Crippen MR) is 96.7 cm³/mol. The zero-order chi connectivity index (χ0) is 16.8. The van der Waals surface area contributed by atoms with Crippen LogP contribution in [0.1, 0.15) is 46.9 Å². The van der Waals surface area contributed by atoms with Crippen molar-refractivity contribution in [3.05, 3.63) is 5.82 Å². The van der Waals surface area contributed by atoms with Crippen LogP contribution in [0, 0.1) is 6.92 Å². The molecule has 2 unspecified atom stereocenters. The molecule has 0 radical (unpaired) electrons. The molecule has 1 aromatic heterocycles. The zero-order valence-corrected chi connectivity index (χ0v) is 15.8. The Morgan fingerprint density at radius 2 is 1.73 bits per heavy atom. The van der Waals surface area contributed by atoms with Gasteiger partial charge in [-0.2, -0.15) is 10.1 Å². The Labute approximate surface area is 136 Å². The molecule has 0 N–H and O–H groups in total. The maximum absolute atomic E-state index is 4.67. The Bertz CT molecular complexity index is 530. The largest absolute Gasteiger partial charge is 0.370 e. The molecule has 0 amide bonds.